The van der Waals surface area contributed by atoms with E-state index in [0.29, 0.717) is 18.2 Å². The van der Waals surface area contributed by atoms with Crippen LogP contribution in [0.15, 0.2) is 24.9 Å². The molecule has 2 heterocycles. The van der Waals surface area contributed by atoms with Crippen LogP contribution in [0.3, 0.4) is 0 Å². The number of rotatable bonds is 5. The molecule has 94 valence electrons. The monoisotopic (exact) mass is 247 g/mol. The molecule has 2 N–H and O–H groups in total. The van der Waals surface area contributed by atoms with Crippen molar-refractivity contribution in [1.82, 2.24) is 19.5 Å². The normalized spacial score (nSPS) is 10.3. The lowest BCUT2D eigenvalue weighted by Gasteiger charge is -2.06. The number of imidazole rings is 1. The number of aromatic carboxylic acids is 1. The molecule has 0 saturated heterocycles. The summed E-state index contributed by atoms with van der Waals surface area (Å²) in [4.78, 5) is 22.8. The highest BCUT2D eigenvalue weighted by atomic mass is 16.4. The summed E-state index contributed by atoms with van der Waals surface area (Å²) >= 11 is 0. The molecule has 18 heavy (non-hydrogen) atoms. The summed E-state index contributed by atoms with van der Waals surface area (Å²) in [6.45, 7) is 3.03. The quantitative estimate of drug-likeness (QED) is 0.811. The van der Waals surface area contributed by atoms with Crippen molar-refractivity contribution in [3.63, 3.8) is 0 Å². The molecule has 0 spiro atoms. The van der Waals surface area contributed by atoms with Crippen molar-refractivity contribution >= 4 is 11.9 Å². The van der Waals surface area contributed by atoms with Gasteiger partial charge in [-0.25, -0.2) is 19.7 Å². The van der Waals surface area contributed by atoms with Crippen LogP contribution in [0.25, 0.3) is 0 Å². The highest BCUT2D eigenvalue weighted by Crippen LogP contribution is 2.06. The molecule has 0 saturated carbocycles. The van der Waals surface area contributed by atoms with Gasteiger partial charge in [-0.3, -0.25) is 0 Å². The van der Waals surface area contributed by atoms with Gasteiger partial charge >= 0.3 is 5.97 Å². The summed E-state index contributed by atoms with van der Waals surface area (Å²) in [6, 6.07) is 0. The lowest BCUT2D eigenvalue weighted by Crippen LogP contribution is -2.13. The fourth-order valence-electron chi connectivity index (χ4n) is 1.48. The first-order chi connectivity index (χ1) is 8.66. The van der Waals surface area contributed by atoms with Gasteiger partial charge in [0.2, 0.25) is 5.95 Å². The first-order valence-corrected chi connectivity index (χ1v) is 5.43. The Morgan fingerprint density at radius 1 is 1.56 bits per heavy atom. The Labute approximate surface area is 104 Å². The fourth-order valence-corrected chi connectivity index (χ4v) is 1.48. The summed E-state index contributed by atoms with van der Waals surface area (Å²) in [5.41, 5.74) is 0.567. The van der Waals surface area contributed by atoms with Crippen LogP contribution < -0.4 is 5.32 Å². The molecule has 0 aliphatic rings. The van der Waals surface area contributed by atoms with Gasteiger partial charge in [0.05, 0.1) is 17.6 Å². The van der Waals surface area contributed by atoms with Gasteiger partial charge in [0.15, 0.2) is 0 Å². The molecule has 0 bridgehead atoms. The highest BCUT2D eigenvalue weighted by molar-refractivity contribution is 5.88. The third-order valence-electron chi connectivity index (χ3n) is 2.42. The molecular weight excluding hydrogens is 234 g/mol. The SMILES string of the molecule is Cc1nc(NCCn2ccnc2)ncc1C(=O)O. The minimum absolute atomic E-state index is 0.121. The van der Waals surface area contributed by atoms with Crippen LogP contribution in [0.2, 0.25) is 0 Å². The molecule has 7 nitrogen and oxygen atoms in total. The molecule has 0 radical (unpaired) electrons. The van der Waals surface area contributed by atoms with E-state index in [2.05, 4.69) is 20.3 Å². The molecule has 0 atom stereocenters. The first kappa shape index (κ1) is 12.0. The van der Waals surface area contributed by atoms with E-state index in [9.17, 15) is 4.79 Å². The summed E-state index contributed by atoms with van der Waals surface area (Å²) in [7, 11) is 0. The number of carbonyl (C=O) groups is 1. The maximum absolute atomic E-state index is 10.8. The summed E-state index contributed by atoms with van der Waals surface area (Å²) in [5, 5.41) is 11.9. The zero-order valence-electron chi connectivity index (χ0n) is 9.87. The fraction of sp³-hybridized carbons (Fsp3) is 0.273. The van der Waals surface area contributed by atoms with Gasteiger partial charge in [0.1, 0.15) is 0 Å². The van der Waals surface area contributed by atoms with E-state index in [1.807, 2.05) is 10.8 Å². The zero-order chi connectivity index (χ0) is 13.0. The maximum Gasteiger partial charge on any atom is 0.339 e. The van der Waals surface area contributed by atoms with Crippen LogP contribution in [0, 0.1) is 6.92 Å². The Balaban J connectivity index is 1.94. The molecule has 7 heteroatoms. The summed E-state index contributed by atoms with van der Waals surface area (Å²) in [6.07, 6.45) is 6.61. The second-order valence-electron chi connectivity index (χ2n) is 3.73. The van der Waals surface area contributed by atoms with Crippen molar-refractivity contribution in [2.45, 2.75) is 13.5 Å². The highest BCUT2D eigenvalue weighted by Gasteiger charge is 2.09. The number of carboxylic acids is 1. The third kappa shape index (κ3) is 2.82. The Bertz CT molecular complexity index is 538. The third-order valence-corrected chi connectivity index (χ3v) is 2.42. The number of anilines is 1. The number of aryl methyl sites for hydroxylation is 1. The van der Waals surface area contributed by atoms with Crippen LogP contribution >= 0.6 is 0 Å². The van der Waals surface area contributed by atoms with Crippen molar-refractivity contribution in [2.24, 2.45) is 0 Å². The molecule has 2 aromatic rings. The van der Waals surface area contributed by atoms with Gasteiger partial charge in [-0.15, -0.1) is 0 Å². The van der Waals surface area contributed by atoms with Gasteiger partial charge < -0.3 is 15.0 Å². The standard InChI is InChI=1S/C11H13N5O2/c1-8-9(10(17)18)6-14-11(15-8)13-3-5-16-4-2-12-7-16/h2,4,6-7H,3,5H2,1H3,(H,17,18)(H,13,14,15). The summed E-state index contributed by atoms with van der Waals surface area (Å²) in [5.74, 6) is -0.588. The molecule has 0 aliphatic heterocycles. The maximum atomic E-state index is 10.8. The van der Waals surface area contributed by atoms with E-state index in [4.69, 9.17) is 5.11 Å². The van der Waals surface area contributed by atoms with Crippen molar-refractivity contribution in [3.05, 3.63) is 36.2 Å². The van der Waals surface area contributed by atoms with E-state index < -0.39 is 5.97 Å². The van der Waals surface area contributed by atoms with E-state index in [1.165, 1.54) is 6.20 Å². The average molecular weight is 247 g/mol. The molecule has 2 aromatic heterocycles. The van der Waals surface area contributed by atoms with E-state index in [0.717, 1.165) is 6.54 Å². The second kappa shape index (κ2) is 5.26. The van der Waals surface area contributed by atoms with Crippen LogP contribution in [0.1, 0.15) is 16.1 Å². The lowest BCUT2D eigenvalue weighted by molar-refractivity contribution is 0.0695. The van der Waals surface area contributed by atoms with Crippen molar-refractivity contribution in [2.75, 3.05) is 11.9 Å². The number of hydrogen-bond donors (Lipinski definition) is 2. The van der Waals surface area contributed by atoms with Gasteiger partial charge in [-0.1, -0.05) is 0 Å². The van der Waals surface area contributed by atoms with Crippen LogP contribution in [-0.2, 0) is 6.54 Å². The molecular formula is C11H13N5O2. The minimum atomic E-state index is -1.02. The van der Waals surface area contributed by atoms with Gasteiger partial charge in [-0.05, 0) is 6.92 Å². The number of aromatic nitrogens is 4. The van der Waals surface area contributed by atoms with E-state index in [-0.39, 0.29) is 5.56 Å². The van der Waals surface area contributed by atoms with Gasteiger partial charge in [0.25, 0.3) is 0 Å². The topological polar surface area (TPSA) is 92.9 Å². The first-order valence-electron chi connectivity index (χ1n) is 5.43. The van der Waals surface area contributed by atoms with Gasteiger partial charge in [-0.2, -0.15) is 0 Å². The van der Waals surface area contributed by atoms with E-state index in [1.54, 1.807) is 19.4 Å². The average Bonchev–Trinajstić information content (AvgIpc) is 2.81. The van der Waals surface area contributed by atoms with Crippen molar-refractivity contribution < 1.29 is 9.90 Å². The van der Waals surface area contributed by atoms with Crippen LogP contribution in [0.4, 0.5) is 5.95 Å². The number of nitrogens with zero attached hydrogens (tertiary/aromatic N) is 4. The molecule has 0 aliphatic carbocycles. The zero-order valence-corrected chi connectivity index (χ0v) is 9.87. The Morgan fingerprint density at radius 3 is 3.00 bits per heavy atom. The Hall–Kier alpha value is -2.44. The molecule has 2 rings (SSSR count). The van der Waals surface area contributed by atoms with Crippen molar-refractivity contribution in [1.29, 1.82) is 0 Å². The number of nitrogens with one attached hydrogen (secondary N) is 1. The van der Waals surface area contributed by atoms with E-state index >= 15 is 0 Å². The Morgan fingerprint density at radius 2 is 2.39 bits per heavy atom. The van der Waals surface area contributed by atoms with Crippen LogP contribution in [0.5, 0.6) is 0 Å². The smallest absolute Gasteiger partial charge is 0.339 e. The summed E-state index contributed by atoms with van der Waals surface area (Å²) < 4.78 is 1.92. The predicted molar refractivity (Wildman–Crippen MR) is 64.4 cm³/mol. The van der Waals surface area contributed by atoms with Gasteiger partial charge in [0, 0.05) is 31.7 Å². The largest absolute Gasteiger partial charge is 0.478 e. The minimum Gasteiger partial charge on any atom is -0.478 e. The Kier molecular flexibility index (Phi) is 3.52. The molecule has 0 amide bonds. The lowest BCUT2D eigenvalue weighted by atomic mass is 10.2. The molecule has 0 unspecified atom stereocenters. The van der Waals surface area contributed by atoms with Crippen LogP contribution in [-0.4, -0.2) is 37.1 Å². The number of carboxylic acid groups (broad SMARTS) is 1. The number of hydrogen-bond acceptors (Lipinski definition) is 5. The van der Waals surface area contributed by atoms with Crippen molar-refractivity contribution in [3.8, 4) is 0 Å². The molecule has 0 fully saturated rings. The second-order valence-corrected chi connectivity index (χ2v) is 3.73. The molecule has 0 aromatic carbocycles. The predicted octanol–water partition coefficient (Wildman–Crippen LogP) is 0.792.